The van der Waals surface area contributed by atoms with Crippen LogP contribution in [-0.4, -0.2) is 27.9 Å². The molecular weight excluding hydrogens is 264 g/mol. The average Bonchev–Trinajstić information content (AvgIpc) is 2.41. The maximum absolute atomic E-state index is 12.2. The lowest BCUT2D eigenvalue weighted by Crippen LogP contribution is -2.26. The van der Waals surface area contributed by atoms with E-state index in [4.69, 9.17) is 11.6 Å². The summed E-state index contributed by atoms with van der Waals surface area (Å²) in [7, 11) is 1.66. The third kappa shape index (κ3) is 3.03. The minimum absolute atomic E-state index is 0.169. The van der Waals surface area contributed by atoms with Crippen molar-refractivity contribution in [2.75, 3.05) is 7.05 Å². The van der Waals surface area contributed by atoms with E-state index in [-0.39, 0.29) is 11.7 Å². The molecule has 1 aromatic carbocycles. The minimum atomic E-state index is -0.212. The molecule has 0 bridgehead atoms. The van der Waals surface area contributed by atoms with Gasteiger partial charge in [0.1, 0.15) is 5.75 Å². The van der Waals surface area contributed by atoms with Crippen LogP contribution in [0, 0.1) is 0 Å². The fourth-order valence-electron chi connectivity index (χ4n) is 1.73. The van der Waals surface area contributed by atoms with Crippen LogP contribution in [0.15, 0.2) is 42.7 Å². The number of phenolic OH excluding ortho intramolecular Hbond substituents is 1. The van der Waals surface area contributed by atoms with Gasteiger partial charge in [-0.15, -0.1) is 0 Å². The van der Waals surface area contributed by atoms with Crippen molar-refractivity contribution >= 4 is 17.5 Å². The third-order valence-electron chi connectivity index (χ3n) is 2.75. The fraction of sp³-hybridized carbons (Fsp3) is 0.143. The molecule has 2 rings (SSSR count). The van der Waals surface area contributed by atoms with E-state index in [0.717, 1.165) is 0 Å². The van der Waals surface area contributed by atoms with Gasteiger partial charge < -0.3 is 10.0 Å². The van der Waals surface area contributed by atoms with E-state index in [1.807, 2.05) is 6.07 Å². The number of phenols is 1. The lowest BCUT2D eigenvalue weighted by Gasteiger charge is -2.18. The van der Waals surface area contributed by atoms with Gasteiger partial charge in [-0.2, -0.15) is 0 Å². The minimum Gasteiger partial charge on any atom is -0.508 e. The molecule has 5 heteroatoms. The molecule has 1 heterocycles. The van der Waals surface area contributed by atoms with Crippen molar-refractivity contribution in [3.8, 4) is 5.75 Å². The van der Waals surface area contributed by atoms with Crippen molar-refractivity contribution in [1.29, 1.82) is 0 Å². The monoisotopic (exact) mass is 276 g/mol. The van der Waals surface area contributed by atoms with Crippen LogP contribution in [0.3, 0.4) is 0 Å². The molecule has 1 N–H and O–H groups in total. The Labute approximate surface area is 116 Å². The number of pyridine rings is 1. The lowest BCUT2D eigenvalue weighted by molar-refractivity contribution is 0.0784. The topological polar surface area (TPSA) is 53.4 Å². The SMILES string of the molecule is CN(Cc1ccccc1O)C(=O)c1ccncc1Cl. The molecule has 0 spiro atoms. The fourth-order valence-corrected chi connectivity index (χ4v) is 1.93. The molecule has 0 saturated heterocycles. The molecule has 0 fully saturated rings. The number of rotatable bonds is 3. The van der Waals surface area contributed by atoms with Gasteiger partial charge in [0.2, 0.25) is 0 Å². The lowest BCUT2D eigenvalue weighted by atomic mass is 10.1. The normalized spacial score (nSPS) is 10.2. The van der Waals surface area contributed by atoms with Crippen molar-refractivity contribution in [1.82, 2.24) is 9.88 Å². The molecular formula is C14H13ClN2O2. The summed E-state index contributed by atoms with van der Waals surface area (Å²) in [6, 6.07) is 8.49. The molecule has 0 aliphatic rings. The Morgan fingerprint density at radius 1 is 1.37 bits per heavy atom. The summed E-state index contributed by atoms with van der Waals surface area (Å²) < 4.78 is 0. The quantitative estimate of drug-likeness (QED) is 0.938. The van der Waals surface area contributed by atoms with E-state index in [2.05, 4.69) is 4.98 Å². The highest BCUT2D eigenvalue weighted by molar-refractivity contribution is 6.33. The Hall–Kier alpha value is -2.07. The summed E-state index contributed by atoms with van der Waals surface area (Å²) >= 11 is 5.94. The van der Waals surface area contributed by atoms with E-state index < -0.39 is 0 Å². The zero-order chi connectivity index (χ0) is 13.8. The van der Waals surface area contributed by atoms with Gasteiger partial charge in [-0.05, 0) is 12.1 Å². The molecule has 0 atom stereocenters. The number of aromatic nitrogens is 1. The van der Waals surface area contributed by atoms with Crippen LogP contribution in [-0.2, 0) is 6.54 Å². The van der Waals surface area contributed by atoms with Crippen LogP contribution >= 0.6 is 11.6 Å². The van der Waals surface area contributed by atoms with E-state index in [9.17, 15) is 9.90 Å². The molecule has 2 aromatic rings. The molecule has 1 amide bonds. The van der Waals surface area contributed by atoms with E-state index in [1.54, 1.807) is 31.3 Å². The predicted molar refractivity (Wildman–Crippen MR) is 73.2 cm³/mol. The van der Waals surface area contributed by atoms with Crippen LogP contribution in [0.25, 0.3) is 0 Å². The first kappa shape index (κ1) is 13.4. The Balaban J connectivity index is 2.17. The summed E-state index contributed by atoms with van der Waals surface area (Å²) in [5.41, 5.74) is 1.08. The van der Waals surface area contributed by atoms with Gasteiger partial charge in [0.15, 0.2) is 0 Å². The van der Waals surface area contributed by atoms with Crippen molar-refractivity contribution in [2.24, 2.45) is 0 Å². The van der Waals surface area contributed by atoms with Crippen molar-refractivity contribution < 1.29 is 9.90 Å². The maximum atomic E-state index is 12.2. The van der Waals surface area contributed by atoms with Gasteiger partial charge in [0.25, 0.3) is 5.91 Å². The van der Waals surface area contributed by atoms with Gasteiger partial charge in [-0.25, -0.2) is 0 Å². The molecule has 0 radical (unpaired) electrons. The zero-order valence-corrected chi connectivity index (χ0v) is 11.1. The van der Waals surface area contributed by atoms with Crippen molar-refractivity contribution in [3.05, 3.63) is 58.9 Å². The number of amides is 1. The number of halogens is 1. The summed E-state index contributed by atoms with van der Waals surface area (Å²) in [4.78, 5) is 17.6. The number of para-hydroxylation sites is 1. The van der Waals surface area contributed by atoms with E-state index in [1.165, 1.54) is 17.3 Å². The maximum Gasteiger partial charge on any atom is 0.255 e. The summed E-state index contributed by atoms with van der Waals surface area (Å²) in [6.45, 7) is 0.310. The van der Waals surface area contributed by atoms with Gasteiger partial charge in [-0.1, -0.05) is 29.8 Å². The van der Waals surface area contributed by atoms with Gasteiger partial charge >= 0.3 is 0 Å². The number of benzene rings is 1. The molecule has 98 valence electrons. The van der Waals surface area contributed by atoms with E-state index in [0.29, 0.717) is 22.7 Å². The second-order valence-electron chi connectivity index (χ2n) is 4.15. The zero-order valence-electron chi connectivity index (χ0n) is 10.4. The largest absolute Gasteiger partial charge is 0.508 e. The van der Waals surface area contributed by atoms with Crippen LogP contribution in [0.4, 0.5) is 0 Å². The number of carbonyl (C=O) groups is 1. The third-order valence-corrected chi connectivity index (χ3v) is 3.05. The Morgan fingerprint density at radius 2 is 2.11 bits per heavy atom. The number of carbonyl (C=O) groups excluding carboxylic acids is 1. The van der Waals surface area contributed by atoms with Crippen LogP contribution in [0.2, 0.25) is 5.02 Å². The Kier molecular flexibility index (Phi) is 4.02. The predicted octanol–water partition coefficient (Wildman–Crippen LogP) is 2.71. The molecule has 1 aromatic heterocycles. The first-order valence-electron chi connectivity index (χ1n) is 5.71. The highest BCUT2D eigenvalue weighted by atomic mass is 35.5. The molecule has 0 saturated carbocycles. The number of aromatic hydroxyl groups is 1. The van der Waals surface area contributed by atoms with E-state index >= 15 is 0 Å². The molecule has 4 nitrogen and oxygen atoms in total. The first-order chi connectivity index (χ1) is 9.09. The summed E-state index contributed by atoms with van der Waals surface area (Å²) in [6.07, 6.45) is 2.95. The van der Waals surface area contributed by atoms with Crippen molar-refractivity contribution in [2.45, 2.75) is 6.54 Å². The second kappa shape index (κ2) is 5.71. The summed E-state index contributed by atoms with van der Waals surface area (Å²) in [5.74, 6) is -0.0429. The average molecular weight is 277 g/mol. The Bertz CT molecular complexity index is 602. The van der Waals surface area contributed by atoms with Crippen molar-refractivity contribution in [3.63, 3.8) is 0 Å². The second-order valence-corrected chi connectivity index (χ2v) is 4.55. The van der Waals surface area contributed by atoms with Gasteiger partial charge in [0, 0.05) is 31.5 Å². The number of hydrogen-bond donors (Lipinski definition) is 1. The van der Waals surface area contributed by atoms with Crippen LogP contribution in [0.1, 0.15) is 15.9 Å². The molecule has 0 aliphatic heterocycles. The van der Waals surface area contributed by atoms with Crippen LogP contribution in [0.5, 0.6) is 5.75 Å². The molecule has 19 heavy (non-hydrogen) atoms. The van der Waals surface area contributed by atoms with Crippen LogP contribution < -0.4 is 0 Å². The molecule has 0 unspecified atom stereocenters. The highest BCUT2D eigenvalue weighted by Gasteiger charge is 2.16. The summed E-state index contributed by atoms with van der Waals surface area (Å²) in [5, 5.41) is 10.0. The molecule has 0 aliphatic carbocycles. The highest BCUT2D eigenvalue weighted by Crippen LogP contribution is 2.20. The number of nitrogens with zero attached hydrogens (tertiary/aromatic N) is 2. The van der Waals surface area contributed by atoms with Gasteiger partial charge in [0.05, 0.1) is 10.6 Å². The van der Waals surface area contributed by atoms with Gasteiger partial charge in [-0.3, -0.25) is 9.78 Å². The Morgan fingerprint density at radius 3 is 2.79 bits per heavy atom. The first-order valence-corrected chi connectivity index (χ1v) is 6.09. The number of hydrogen-bond acceptors (Lipinski definition) is 3. The smallest absolute Gasteiger partial charge is 0.255 e. The standard InChI is InChI=1S/C14H13ClN2O2/c1-17(9-10-4-2-3-5-13(10)18)14(19)11-6-7-16-8-12(11)15/h2-8,18H,9H2,1H3.